The Kier molecular flexibility index (Phi) is 4.66. The third-order valence-corrected chi connectivity index (χ3v) is 4.50. The van der Waals surface area contributed by atoms with E-state index < -0.39 is 0 Å². The number of nitrogens with zero attached hydrogens (tertiary/aromatic N) is 2. The second-order valence-electron chi connectivity index (χ2n) is 5.13. The molecule has 3 rings (SSSR count). The van der Waals surface area contributed by atoms with E-state index >= 15 is 0 Å². The van der Waals surface area contributed by atoms with E-state index in [0.29, 0.717) is 17.8 Å². The average molecular weight is 366 g/mol. The number of carbonyl (C=O) groups excluding carboxylic acids is 2. The standard InChI is InChI=1S/C15H16BrN3O3/c16-11-13(18-4-5-19-6-8-22-9-7-19)14(20)10-2-1-3-17-12(10)15(11)21/h1-3,18H,4-9H2. The maximum absolute atomic E-state index is 12.5. The molecule has 7 heteroatoms. The zero-order valence-electron chi connectivity index (χ0n) is 12.0. The molecule has 0 saturated carbocycles. The first-order valence-corrected chi connectivity index (χ1v) is 7.96. The molecule has 2 aliphatic rings. The van der Waals surface area contributed by atoms with Crippen LogP contribution in [0, 0.1) is 0 Å². The van der Waals surface area contributed by atoms with Crippen molar-refractivity contribution >= 4 is 27.5 Å². The van der Waals surface area contributed by atoms with Crippen LogP contribution in [-0.2, 0) is 4.74 Å². The number of Topliss-reactive ketones (excluding diaryl/α,β-unsaturated/α-hetero) is 2. The van der Waals surface area contributed by atoms with Crippen molar-refractivity contribution in [1.82, 2.24) is 15.2 Å². The van der Waals surface area contributed by atoms with Crippen LogP contribution in [0.3, 0.4) is 0 Å². The lowest BCUT2D eigenvalue weighted by atomic mass is 9.97. The summed E-state index contributed by atoms with van der Waals surface area (Å²) in [6, 6.07) is 3.29. The van der Waals surface area contributed by atoms with Crippen LogP contribution >= 0.6 is 15.9 Å². The van der Waals surface area contributed by atoms with E-state index in [-0.39, 0.29) is 21.7 Å². The lowest BCUT2D eigenvalue weighted by Crippen LogP contribution is -2.41. The van der Waals surface area contributed by atoms with Gasteiger partial charge in [-0.3, -0.25) is 19.5 Å². The van der Waals surface area contributed by atoms with Gasteiger partial charge in [-0.25, -0.2) is 0 Å². The first kappa shape index (κ1) is 15.3. The van der Waals surface area contributed by atoms with Gasteiger partial charge in [-0.15, -0.1) is 0 Å². The Hall–Kier alpha value is -1.57. The molecule has 22 heavy (non-hydrogen) atoms. The van der Waals surface area contributed by atoms with Crippen molar-refractivity contribution in [2.24, 2.45) is 0 Å². The van der Waals surface area contributed by atoms with Gasteiger partial charge in [-0.05, 0) is 28.1 Å². The van der Waals surface area contributed by atoms with E-state index in [9.17, 15) is 9.59 Å². The van der Waals surface area contributed by atoms with E-state index in [1.807, 2.05) is 0 Å². The normalized spacial score (nSPS) is 19.3. The minimum atomic E-state index is -0.260. The number of aromatic nitrogens is 1. The van der Waals surface area contributed by atoms with Crippen molar-refractivity contribution in [2.45, 2.75) is 0 Å². The Morgan fingerprint density at radius 3 is 2.82 bits per heavy atom. The Morgan fingerprint density at radius 1 is 1.27 bits per heavy atom. The van der Waals surface area contributed by atoms with Gasteiger partial charge < -0.3 is 10.1 Å². The van der Waals surface area contributed by atoms with Crippen molar-refractivity contribution in [3.63, 3.8) is 0 Å². The number of fused-ring (bicyclic) bond motifs is 1. The van der Waals surface area contributed by atoms with Gasteiger partial charge in [0.25, 0.3) is 0 Å². The van der Waals surface area contributed by atoms with E-state index in [1.54, 1.807) is 12.1 Å². The topological polar surface area (TPSA) is 71.5 Å². The van der Waals surface area contributed by atoms with Crippen molar-refractivity contribution in [3.8, 4) is 0 Å². The molecule has 1 aliphatic heterocycles. The summed E-state index contributed by atoms with van der Waals surface area (Å²) >= 11 is 3.23. The predicted molar refractivity (Wildman–Crippen MR) is 84.1 cm³/mol. The van der Waals surface area contributed by atoms with E-state index in [1.165, 1.54) is 6.20 Å². The summed E-state index contributed by atoms with van der Waals surface area (Å²) in [5.41, 5.74) is 0.876. The molecule has 1 aromatic heterocycles. The fourth-order valence-corrected chi connectivity index (χ4v) is 3.05. The number of morpholine rings is 1. The van der Waals surface area contributed by atoms with Crippen LogP contribution < -0.4 is 5.32 Å². The van der Waals surface area contributed by atoms with E-state index in [4.69, 9.17) is 4.74 Å². The highest BCUT2D eigenvalue weighted by Crippen LogP contribution is 2.26. The summed E-state index contributed by atoms with van der Waals surface area (Å²) < 4.78 is 5.55. The highest BCUT2D eigenvalue weighted by Gasteiger charge is 2.31. The van der Waals surface area contributed by atoms with Crippen molar-refractivity contribution in [2.75, 3.05) is 39.4 Å². The molecule has 116 valence electrons. The smallest absolute Gasteiger partial charge is 0.221 e. The molecule has 0 atom stereocenters. The number of allylic oxidation sites excluding steroid dienone is 2. The highest BCUT2D eigenvalue weighted by atomic mass is 79.9. The number of carbonyl (C=O) groups is 2. The number of ketones is 2. The lowest BCUT2D eigenvalue weighted by Gasteiger charge is -2.27. The number of ether oxygens (including phenoxy) is 1. The number of rotatable bonds is 4. The molecule has 6 nitrogen and oxygen atoms in total. The maximum atomic E-state index is 12.5. The van der Waals surface area contributed by atoms with Crippen LogP contribution in [0.1, 0.15) is 20.8 Å². The van der Waals surface area contributed by atoms with Gasteiger partial charge in [-0.2, -0.15) is 0 Å². The molecule has 1 saturated heterocycles. The molecule has 0 radical (unpaired) electrons. The first-order valence-electron chi connectivity index (χ1n) is 7.16. The van der Waals surface area contributed by atoms with Gasteiger partial charge >= 0.3 is 0 Å². The third-order valence-electron chi connectivity index (χ3n) is 3.75. The summed E-state index contributed by atoms with van der Waals surface area (Å²) in [5.74, 6) is -0.458. The molecule has 0 unspecified atom stereocenters. The monoisotopic (exact) mass is 365 g/mol. The van der Waals surface area contributed by atoms with Crippen LogP contribution in [0.5, 0.6) is 0 Å². The highest BCUT2D eigenvalue weighted by molar-refractivity contribution is 9.12. The lowest BCUT2D eigenvalue weighted by molar-refractivity contribution is 0.0386. The number of hydrogen-bond acceptors (Lipinski definition) is 6. The SMILES string of the molecule is O=C1C(NCCN2CCOCC2)=C(Br)C(=O)c2ncccc21. The summed E-state index contributed by atoms with van der Waals surface area (Å²) in [7, 11) is 0. The van der Waals surface area contributed by atoms with E-state index in [0.717, 1.165) is 32.8 Å². The summed E-state index contributed by atoms with van der Waals surface area (Å²) in [6.07, 6.45) is 1.52. The minimum Gasteiger partial charge on any atom is -0.380 e. The number of nitrogens with one attached hydrogen (secondary N) is 1. The summed E-state index contributed by atoms with van der Waals surface area (Å²) in [6.45, 7) is 4.66. The third kappa shape index (κ3) is 2.97. The largest absolute Gasteiger partial charge is 0.380 e. The molecule has 0 aromatic carbocycles. The first-order chi connectivity index (χ1) is 10.7. The molecule has 2 heterocycles. The van der Waals surface area contributed by atoms with Crippen LogP contribution in [-0.4, -0.2) is 60.8 Å². The molecule has 1 aliphatic carbocycles. The number of halogens is 1. The fraction of sp³-hybridized carbons (Fsp3) is 0.400. The van der Waals surface area contributed by atoms with Crippen molar-refractivity contribution in [3.05, 3.63) is 39.8 Å². The second-order valence-corrected chi connectivity index (χ2v) is 5.92. The molecule has 0 spiro atoms. The van der Waals surface area contributed by atoms with Crippen LogP contribution in [0.25, 0.3) is 0 Å². The molecule has 0 amide bonds. The Bertz CT molecular complexity index is 639. The van der Waals surface area contributed by atoms with E-state index in [2.05, 4.69) is 31.1 Å². The summed E-state index contributed by atoms with van der Waals surface area (Å²) in [5, 5.41) is 3.09. The quantitative estimate of drug-likeness (QED) is 0.857. The van der Waals surface area contributed by atoms with Crippen LogP contribution in [0.15, 0.2) is 28.5 Å². The average Bonchev–Trinajstić information content (AvgIpc) is 2.57. The fourth-order valence-electron chi connectivity index (χ4n) is 2.54. The zero-order chi connectivity index (χ0) is 15.5. The predicted octanol–water partition coefficient (Wildman–Crippen LogP) is 0.989. The Labute approximate surface area is 136 Å². The Balaban J connectivity index is 1.69. The zero-order valence-corrected chi connectivity index (χ0v) is 13.6. The van der Waals surface area contributed by atoms with Gasteiger partial charge in [0.05, 0.1) is 23.3 Å². The number of hydrogen-bond donors (Lipinski definition) is 1. The molecular formula is C15H16BrN3O3. The van der Waals surface area contributed by atoms with Gasteiger partial charge in [0.15, 0.2) is 0 Å². The molecular weight excluding hydrogens is 350 g/mol. The Morgan fingerprint density at radius 2 is 2.05 bits per heavy atom. The van der Waals surface area contributed by atoms with Gasteiger partial charge in [0, 0.05) is 32.4 Å². The number of pyridine rings is 1. The maximum Gasteiger partial charge on any atom is 0.221 e. The molecule has 0 bridgehead atoms. The summed E-state index contributed by atoms with van der Waals surface area (Å²) in [4.78, 5) is 31.0. The van der Waals surface area contributed by atoms with Crippen LogP contribution in [0.2, 0.25) is 0 Å². The molecule has 1 aromatic rings. The van der Waals surface area contributed by atoms with Crippen molar-refractivity contribution < 1.29 is 14.3 Å². The van der Waals surface area contributed by atoms with Crippen molar-refractivity contribution in [1.29, 1.82) is 0 Å². The molecule has 1 N–H and O–H groups in total. The second kappa shape index (κ2) is 6.68. The minimum absolute atomic E-state index is 0.198. The van der Waals surface area contributed by atoms with Gasteiger partial charge in [-0.1, -0.05) is 0 Å². The van der Waals surface area contributed by atoms with Crippen LogP contribution in [0.4, 0.5) is 0 Å². The van der Waals surface area contributed by atoms with Gasteiger partial charge in [0.1, 0.15) is 11.4 Å². The van der Waals surface area contributed by atoms with Gasteiger partial charge in [0.2, 0.25) is 11.6 Å². The molecule has 1 fully saturated rings.